The first-order chi connectivity index (χ1) is 8.06. The lowest BCUT2D eigenvalue weighted by Gasteiger charge is -2.14. The van der Waals surface area contributed by atoms with Crippen molar-refractivity contribution < 1.29 is 4.79 Å². The third kappa shape index (κ3) is 3.54. The smallest absolute Gasteiger partial charge is 0.222 e. The first-order valence-corrected chi connectivity index (χ1v) is 6.99. The summed E-state index contributed by atoms with van der Waals surface area (Å²) in [6, 6.07) is 4.30. The van der Waals surface area contributed by atoms with Crippen LogP contribution < -0.4 is 11.1 Å². The van der Waals surface area contributed by atoms with Gasteiger partial charge in [-0.2, -0.15) is 0 Å². The maximum atomic E-state index is 11.8. The monoisotopic (exact) mass is 252 g/mol. The second-order valence-electron chi connectivity index (χ2n) is 4.94. The molecule has 0 aliphatic heterocycles. The van der Waals surface area contributed by atoms with Gasteiger partial charge in [0.05, 0.1) is 6.04 Å². The number of hydrogen-bond donors (Lipinski definition) is 2. The molecule has 1 fully saturated rings. The lowest BCUT2D eigenvalue weighted by atomic mass is 10.1. The maximum absolute atomic E-state index is 11.8. The van der Waals surface area contributed by atoms with Crippen molar-refractivity contribution in [2.75, 3.05) is 0 Å². The molecule has 4 heteroatoms. The molecule has 0 aromatic carbocycles. The number of nitrogens with one attached hydrogen (secondary N) is 1. The average molecular weight is 252 g/mol. The second kappa shape index (κ2) is 5.19. The Bertz CT molecular complexity index is 398. The van der Waals surface area contributed by atoms with E-state index in [1.807, 2.05) is 6.92 Å². The van der Waals surface area contributed by atoms with Crippen molar-refractivity contribution in [2.24, 2.45) is 11.7 Å². The van der Waals surface area contributed by atoms with Crippen LogP contribution >= 0.6 is 11.3 Å². The van der Waals surface area contributed by atoms with Gasteiger partial charge in [-0.05, 0) is 44.7 Å². The van der Waals surface area contributed by atoms with E-state index in [-0.39, 0.29) is 18.0 Å². The SMILES string of the molecule is Cc1ccc(C(C)NC(=O)CC(N)C2CC2)s1. The molecule has 0 saturated heterocycles. The molecule has 3 nitrogen and oxygen atoms in total. The molecule has 1 aliphatic carbocycles. The highest BCUT2D eigenvalue weighted by molar-refractivity contribution is 7.12. The van der Waals surface area contributed by atoms with Gasteiger partial charge >= 0.3 is 0 Å². The van der Waals surface area contributed by atoms with Gasteiger partial charge < -0.3 is 11.1 Å². The molecule has 1 aromatic heterocycles. The van der Waals surface area contributed by atoms with E-state index >= 15 is 0 Å². The Morgan fingerprint density at radius 1 is 1.59 bits per heavy atom. The number of rotatable bonds is 5. The Balaban J connectivity index is 1.81. The van der Waals surface area contributed by atoms with Crippen molar-refractivity contribution in [3.05, 3.63) is 21.9 Å². The Kier molecular flexibility index (Phi) is 3.84. The molecular formula is C13H20N2OS. The third-order valence-electron chi connectivity index (χ3n) is 3.21. The Hall–Kier alpha value is -0.870. The minimum atomic E-state index is 0.0484. The average Bonchev–Trinajstić information content (AvgIpc) is 3.01. The molecule has 1 aliphatic rings. The maximum Gasteiger partial charge on any atom is 0.222 e. The molecule has 1 heterocycles. The standard InChI is InChI=1S/C13H20N2OS/c1-8-3-6-12(17-8)9(2)15-13(16)7-11(14)10-4-5-10/h3,6,9-11H,4-5,7,14H2,1-2H3,(H,15,16). The zero-order chi connectivity index (χ0) is 12.4. The van der Waals surface area contributed by atoms with Gasteiger partial charge in [-0.15, -0.1) is 11.3 Å². The van der Waals surface area contributed by atoms with E-state index in [0.29, 0.717) is 12.3 Å². The van der Waals surface area contributed by atoms with E-state index in [1.165, 1.54) is 22.6 Å². The van der Waals surface area contributed by atoms with Crippen molar-refractivity contribution in [3.63, 3.8) is 0 Å². The summed E-state index contributed by atoms with van der Waals surface area (Å²) in [5.41, 5.74) is 5.94. The molecule has 3 N–H and O–H groups in total. The largest absolute Gasteiger partial charge is 0.349 e. The van der Waals surface area contributed by atoms with Gasteiger partial charge in [0.15, 0.2) is 0 Å². The number of thiophene rings is 1. The Morgan fingerprint density at radius 3 is 2.82 bits per heavy atom. The van der Waals surface area contributed by atoms with Gasteiger partial charge in [0, 0.05) is 22.2 Å². The Morgan fingerprint density at radius 2 is 2.29 bits per heavy atom. The summed E-state index contributed by atoms with van der Waals surface area (Å²) in [7, 11) is 0. The minimum absolute atomic E-state index is 0.0484. The van der Waals surface area contributed by atoms with Gasteiger partial charge in [-0.1, -0.05) is 0 Å². The van der Waals surface area contributed by atoms with Crippen molar-refractivity contribution in [2.45, 2.75) is 45.2 Å². The summed E-state index contributed by atoms with van der Waals surface area (Å²) in [5, 5.41) is 3.01. The number of carbonyl (C=O) groups is 1. The van der Waals surface area contributed by atoms with Gasteiger partial charge in [0.1, 0.15) is 0 Å². The minimum Gasteiger partial charge on any atom is -0.349 e. The summed E-state index contributed by atoms with van der Waals surface area (Å²) in [5.74, 6) is 0.656. The predicted molar refractivity (Wildman–Crippen MR) is 70.9 cm³/mol. The van der Waals surface area contributed by atoms with E-state index in [2.05, 4.69) is 24.4 Å². The zero-order valence-electron chi connectivity index (χ0n) is 10.4. The number of aryl methyl sites for hydroxylation is 1. The highest BCUT2D eigenvalue weighted by atomic mass is 32.1. The quantitative estimate of drug-likeness (QED) is 0.845. The fraction of sp³-hybridized carbons (Fsp3) is 0.615. The van der Waals surface area contributed by atoms with Crippen molar-refractivity contribution in [1.82, 2.24) is 5.32 Å². The van der Waals surface area contributed by atoms with Gasteiger partial charge in [-0.25, -0.2) is 0 Å². The summed E-state index contributed by atoms with van der Waals surface area (Å²) in [6.45, 7) is 4.09. The lowest BCUT2D eigenvalue weighted by molar-refractivity contribution is -0.122. The molecule has 1 aromatic rings. The lowest BCUT2D eigenvalue weighted by Crippen LogP contribution is -2.34. The molecule has 94 valence electrons. The van der Waals surface area contributed by atoms with Gasteiger partial charge in [-0.3, -0.25) is 4.79 Å². The van der Waals surface area contributed by atoms with E-state index in [4.69, 9.17) is 5.73 Å². The van der Waals surface area contributed by atoms with Crippen molar-refractivity contribution >= 4 is 17.2 Å². The molecule has 0 spiro atoms. The van der Waals surface area contributed by atoms with Crippen LogP contribution in [-0.4, -0.2) is 11.9 Å². The molecule has 2 unspecified atom stereocenters. The first-order valence-electron chi connectivity index (χ1n) is 6.17. The zero-order valence-corrected chi connectivity index (χ0v) is 11.2. The molecule has 2 rings (SSSR count). The predicted octanol–water partition coefficient (Wildman–Crippen LogP) is 2.36. The summed E-state index contributed by atoms with van der Waals surface area (Å²) >= 11 is 1.73. The fourth-order valence-corrected chi connectivity index (χ4v) is 2.84. The molecule has 17 heavy (non-hydrogen) atoms. The van der Waals surface area contributed by atoms with Crippen LogP contribution in [0, 0.1) is 12.8 Å². The van der Waals surface area contributed by atoms with Crippen LogP contribution in [-0.2, 0) is 4.79 Å². The van der Waals surface area contributed by atoms with Crippen LogP contribution in [0.4, 0.5) is 0 Å². The van der Waals surface area contributed by atoms with Crippen LogP contribution in [0.3, 0.4) is 0 Å². The third-order valence-corrected chi connectivity index (χ3v) is 4.40. The topological polar surface area (TPSA) is 55.1 Å². The van der Waals surface area contributed by atoms with E-state index in [9.17, 15) is 4.79 Å². The second-order valence-corrected chi connectivity index (χ2v) is 6.26. The van der Waals surface area contributed by atoms with Crippen LogP contribution in [0.25, 0.3) is 0 Å². The highest BCUT2D eigenvalue weighted by Crippen LogP contribution is 2.32. The molecule has 0 bridgehead atoms. The van der Waals surface area contributed by atoms with E-state index < -0.39 is 0 Å². The summed E-state index contributed by atoms with van der Waals surface area (Å²) in [6.07, 6.45) is 2.83. The molecule has 1 saturated carbocycles. The highest BCUT2D eigenvalue weighted by Gasteiger charge is 2.30. The summed E-state index contributed by atoms with van der Waals surface area (Å²) < 4.78 is 0. The van der Waals surface area contributed by atoms with Crippen molar-refractivity contribution in [1.29, 1.82) is 0 Å². The van der Waals surface area contributed by atoms with Crippen LogP contribution in [0.2, 0.25) is 0 Å². The van der Waals surface area contributed by atoms with Gasteiger partial charge in [0.2, 0.25) is 5.91 Å². The summed E-state index contributed by atoms with van der Waals surface area (Å²) in [4.78, 5) is 14.3. The van der Waals surface area contributed by atoms with Crippen LogP contribution in [0.1, 0.15) is 42.0 Å². The molecule has 1 amide bonds. The fourth-order valence-electron chi connectivity index (χ4n) is 1.96. The normalized spacial score (nSPS) is 18.8. The van der Waals surface area contributed by atoms with Gasteiger partial charge in [0.25, 0.3) is 0 Å². The van der Waals surface area contributed by atoms with E-state index in [1.54, 1.807) is 11.3 Å². The van der Waals surface area contributed by atoms with Crippen LogP contribution in [0.15, 0.2) is 12.1 Å². The first kappa shape index (κ1) is 12.6. The van der Waals surface area contributed by atoms with E-state index in [0.717, 1.165) is 0 Å². The number of nitrogens with two attached hydrogens (primary N) is 1. The number of amides is 1. The number of carbonyl (C=O) groups excluding carboxylic acids is 1. The van der Waals surface area contributed by atoms with Crippen molar-refractivity contribution in [3.8, 4) is 0 Å². The number of hydrogen-bond acceptors (Lipinski definition) is 3. The molecule has 2 atom stereocenters. The molecule has 0 radical (unpaired) electrons. The molecular weight excluding hydrogens is 232 g/mol. The Labute approximate surface area is 106 Å². The van der Waals surface area contributed by atoms with Crippen LogP contribution in [0.5, 0.6) is 0 Å².